The number of nitrogens with zero attached hydrogens (tertiary/aromatic N) is 1. The van der Waals surface area contributed by atoms with Gasteiger partial charge in [-0.2, -0.15) is 0 Å². The monoisotopic (exact) mass is 244 g/mol. The molecule has 0 aliphatic rings. The second kappa shape index (κ2) is 7.89. The zero-order chi connectivity index (χ0) is 13.4. The molecule has 0 bridgehead atoms. The van der Waals surface area contributed by atoms with Gasteiger partial charge in [-0.25, -0.2) is 4.79 Å². The van der Waals surface area contributed by atoms with E-state index < -0.39 is 0 Å². The van der Waals surface area contributed by atoms with Gasteiger partial charge in [0, 0.05) is 39.6 Å². The fourth-order valence-corrected chi connectivity index (χ4v) is 1.05. The molecule has 0 aromatic rings. The van der Waals surface area contributed by atoms with Crippen molar-refractivity contribution >= 4 is 11.9 Å². The zero-order valence-electron chi connectivity index (χ0n) is 11.1. The third kappa shape index (κ3) is 7.57. The molecule has 0 aromatic carbocycles. The van der Waals surface area contributed by atoms with Crippen LogP contribution in [0.15, 0.2) is 0 Å². The Bertz CT molecular complexity index is 254. The largest absolute Gasteiger partial charge is 0.354 e. The Morgan fingerprint density at radius 2 is 1.71 bits per heavy atom. The SMILES string of the molecule is CC(C)C(N)CC(=O)NCCNC(=O)N(C)C. The van der Waals surface area contributed by atoms with Crippen molar-refractivity contribution in [3.8, 4) is 0 Å². The molecule has 0 aliphatic heterocycles. The predicted octanol–water partition coefficient (Wildman–Crippen LogP) is -0.253. The average molecular weight is 244 g/mol. The minimum atomic E-state index is -0.168. The molecule has 0 saturated carbocycles. The highest BCUT2D eigenvalue weighted by Gasteiger charge is 2.12. The number of nitrogens with two attached hydrogens (primary N) is 1. The second-order valence-corrected chi connectivity index (χ2v) is 4.59. The first-order valence-electron chi connectivity index (χ1n) is 5.82. The van der Waals surface area contributed by atoms with Gasteiger partial charge >= 0.3 is 6.03 Å². The molecule has 0 fully saturated rings. The molecule has 1 unspecified atom stereocenters. The number of carbonyl (C=O) groups excluding carboxylic acids is 2. The Labute approximate surface area is 103 Å². The first-order valence-corrected chi connectivity index (χ1v) is 5.82. The lowest BCUT2D eigenvalue weighted by Gasteiger charge is -2.15. The van der Waals surface area contributed by atoms with E-state index in [1.54, 1.807) is 14.1 Å². The molecule has 0 aromatic heterocycles. The summed E-state index contributed by atoms with van der Waals surface area (Å²) < 4.78 is 0. The van der Waals surface area contributed by atoms with E-state index in [9.17, 15) is 9.59 Å². The first-order chi connectivity index (χ1) is 7.84. The van der Waals surface area contributed by atoms with E-state index in [0.717, 1.165) is 0 Å². The van der Waals surface area contributed by atoms with Crippen LogP contribution in [-0.2, 0) is 4.79 Å². The minimum absolute atomic E-state index is 0.0784. The summed E-state index contributed by atoms with van der Waals surface area (Å²) in [7, 11) is 3.32. The maximum absolute atomic E-state index is 11.4. The molecular formula is C11H24N4O2. The van der Waals surface area contributed by atoms with Gasteiger partial charge in [0.15, 0.2) is 0 Å². The van der Waals surface area contributed by atoms with Gasteiger partial charge in [-0.15, -0.1) is 0 Å². The Hall–Kier alpha value is -1.30. The van der Waals surface area contributed by atoms with Gasteiger partial charge in [0.1, 0.15) is 0 Å². The molecule has 0 aliphatic carbocycles. The predicted molar refractivity (Wildman–Crippen MR) is 67.5 cm³/mol. The Balaban J connectivity index is 3.62. The summed E-state index contributed by atoms with van der Waals surface area (Å²) in [5, 5.41) is 5.37. The highest BCUT2D eigenvalue weighted by atomic mass is 16.2. The highest BCUT2D eigenvalue weighted by Crippen LogP contribution is 2.01. The summed E-state index contributed by atoms with van der Waals surface area (Å²) in [5.41, 5.74) is 5.77. The van der Waals surface area contributed by atoms with Gasteiger partial charge in [-0.05, 0) is 5.92 Å². The van der Waals surface area contributed by atoms with Crippen LogP contribution in [0.3, 0.4) is 0 Å². The molecule has 0 spiro atoms. The van der Waals surface area contributed by atoms with E-state index in [1.807, 2.05) is 13.8 Å². The van der Waals surface area contributed by atoms with E-state index in [-0.39, 0.29) is 23.9 Å². The van der Waals surface area contributed by atoms with Crippen molar-refractivity contribution in [2.45, 2.75) is 26.3 Å². The molecule has 0 radical (unpaired) electrons. The lowest BCUT2D eigenvalue weighted by atomic mass is 10.0. The number of nitrogens with one attached hydrogen (secondary N) is 2. The number of rotatable bonds is 6. The summed E-state index contributed by atoms with van der Waals surface area (Å²) >= 11 is 0. The first kappa shape index (κ1) is 15.7. The molecule has 6 heteroatoms. The lowest BCUT2D eigenvalue weighted by Crippen LogP contribution is -2.41. The van der Waals surface area contributed by atoms with Crippen molar-refractivity contribution in [1.29, 1.82) is 0 Å². The molecule has 100 valence electrons. The van der Waals surface area contributed by atoms with E-state index in [1.165, 1.54) is 4.90 Å². The fraction of sp³-hybridized carbons (Fsp3) is 0.818. The number of carbonyl (C=O) groups is 2. The number of hydrogen-bond acceptors (Lipinski definition) is 3. The van der Waals surface area contributed by atoms with Gasteiger partial charge in [0.2, 0.25) is 5.91 Å². The van der Waals surface area contributed by atoms with Gasteiger partial charge in [-0.3, -0.25) is 4.79 Å². The molecule has 3 amide bonds. The summed E-state index contributed by atoms with van der Waals surface area (Å²) in [5.74, 6) is 0.208. The molecule has 0 rings (SSSR count). The third-order valence-corrected chi connectivity index (χ3v) is 2.41. The number of urea groups is 1. The van der Waals surface area contributed by atoms with Crippen molar-refractivity contribution < 1.29 is 9.59 Å². The van der Waals surface area contributed by atoms with Gasteiger partial charge < -0.3 is 21.3 Å². The van der Waals surface area contributed by atoms with Crippen LogP contribution in [-0.4, -0.2) is 50.1 Å². The van der Waals surface area contributed by atoms with Crippen molar-refractivity contribution in [3.63, 3.8) is 0 Å². The van der Waals surface area contributed by atoms with Gasteiger partial charge in [-0.1, -0.05) is 13.8 Å². The molecule has 1 atom stereocenters. The summed E-state index contributed by atoms with van der Waals surface area (Å²) in [4.78, 5) is 24.0. The van der Waals surface area contributed by atoms with Crippen molar-refractivity contribution in [2.75, 3.05) is 27.2 Å². The van der Waals surface area contributed by atoms with Crippen LogP contribution < -0.4 is 16.4 Å². The Kier molecular flexibility index (Phi) is 7.29. The summed E-state index contributed by atoms with van der Waals surface area (Å²) in [6.45, 7) is 4.80. The maximum Gasteiger partial charge on any atom is 0.316 e. The Morgan fingerprint density at radius 1 is 1.18 bits per heavy atom. The number of amides is 3. The smallest absolute Gasteiger partial charge is 0.316 e. The van der Waals surface area contributed by atoms with Gasteiger partial charge in [0.25, 0.3) is 0 Å². The fourth-order valence-electron chi connectivity index (χ4n) is 1.05. The van der Waals surface area contributed by atoms with Crippen LogP contribution in [0.5, 0.6) is 0 Å². The summed E-state index contributed by atoms with van der Waals surface area (Å²) in [6.07, 6.45) is 0.319. The van der Waals surface area contributed by atoms with E-state index in [0.29, 0.717) is 19.5 Å². The van der Waals surface area contributed by atoms with E-state index in [2.05, 4.69) is 10.6 Å². The molecule has 6 nitrogen and oxygen atoms in total. The third-order valence-electron chi connectivity index (χ3n) is 2.41. The minimum Gasteiger partial charge on any atom is -0.354 e. The standard InChI is InChI=1S/C11H24N4O2/c1-8(2)9(12)7-10(16)13-5-6-14-11(17)15(3)4/h8-9H,5-7,12H2,1-4H3,(H,13,16)(H,14,17). The molecule has 17 heavy (non-hydrogen) atoms. The summed E-state index contributed by atoms with van der Waals surface area (Å²) in [6, 6.07) is -0.288. The quantitative estimate of drug-likeness (QED) is 0.563. The zero-order valence-corrected chi connectivity index (χ0v) is 11.1. The van der Waals surface area contributed by atoms with Crippen LogP contribution >= 0.6 is 0 Å². The van der Waals surface area contributed by atoms with Gasteiger partial charge in [0.05, 0.1) is 0 Å². The van der Waals surface area contributed by atoms with Crippen molar-refractivity contribution in [2.24, 2.45) is 11.7 Å². The highest BCUT2D eigenvalue weighted by molar-refractivity contribution is 5.76. The molecular weight excluding hydrogens is 220 g/mol. The van der Waals surface area contributed by atoms with Crippen LogP contribution in [0.2, 0.25) is 0 Å². The van der Waals surface area contributed by atoms with Crippen molar-refractivity contribution in [3.05, 3.63) is 0 Å². The molecule has 0 heterocycles. The average Bonchev–Trinajstić information content (AvgIpc) is 2.23. The van der Waals surface area contributed by atoms with Crippen LogP contribution in [0.1, 0.15) is 20.3 Å². The number of hydrogen-bond donors (Lipinski definition) is 3. The van der Waals surface area contributed by atoms with Crippen molar-refractivity contribution in [1.82, 2.24) is 15.5 Å². The topological polar surface area (TPSA) is 87.5 Å². The van der Waals surface area contributed by atoms with Crippen LogP contribution in [0, 0.1) is 5.92 Å². The molecule has 0 saturated heterocycles. The van der Waals surface area contributed by atoms with E-state index >= 15 is 0 Å². The maximum atomic E-state index is 11.4. The lowest BCUT2D eigenvalue weighted by molar-refractivity contribution is -0.121. The second-order valence-electron chi connectivity index (χ2n) is 4.59. The normalized spacial score (nSPS) is 12.1. The Morgan fingerprint density at radius 3 is 2.18 bits per heavy atom. The van der Waals surface area contributed by atoms with Crippen LogP contribution in [0.25, 0.3) is 0 Å². The van der Waals surface area contributed by atoms with E-state index in [4.69, 9.17) is 5.73 Å². The molecule has 4 N–H and O–H groups in total. The van der Waals surface area contributed by atoms with Crippen LogP contribution in [0.4, 0.5) is 4.79 Å².